The Bertz CT molecular complexity index is 730. The highest BCUT2D eigenvalue weighted by Crippen LogP contribution is 2.20. The van der Waals surface area contributed by atoms with E-state index in [2.05, 4.69) is 9.88 Å². The summed E-state index contributed by atoms with van der Waals surface area (Å²) >= 11 is 0. The van der Waals surface area contributed by atoms with Gasteiger partial charge in [0.2, 0.25) is 5.89 Å². The van der Waals surface area contributed by atoms with Gasteiger partial charge in [0.15, 0.2) is 5.58 Å². The van der Waals surface area contributed by atoms with Crippen LogP contribution < -0.4 is 5.73 Å². The van der Waals surface area contributed by atoms with Crippen LogP contribution in [0.5, 0.6) is 0 Å². The van der Waals surface area contributed by atoms with Crippen LogP contribution in [0.4, 0.5) is 5.69 Å². The van der Waals surface area contributed by atoms with Crippen LogP contribution >= 0.6 is 0 Å². The number of nitrogens with zero attached hydrogens (tertiary/aromatic N) is 2. The van der Waals surface area contributed by atoms with Crippen molar-refractivity contribution in [2.24, 2.45) is 0 Å². The molecule has 20 heavy (non-hydrogen) atoms. The molecule has 0 aliphatic heterocycles. The summed E-state index contributed by atoms with van der Waals surface area (Å²) in [5.41, 5.74) is 9.15. The summed E-state index contributed by atoms with van der Waals surface area (Å²) in [5, 5.41) is 0. The Hall–Kier alpha value is -2.27. The number of furan rings is 1. The van der Waals surface area contributed by atoms with Crippen molar-refractivity contribution >= 4 is 16.8 Å². The Morgan fingerprint density at radius 3 is 2.85 bits per heavy atom. The molecule has 5 nitrogen and oxygen atoms in total. The average molecular weight is 271 g/mol. The van der Waals surface area contributed by atoms with Crippen LogP contribution in [0.2, 0.25) is 0 Å². The largest absolute Gasteiger partial charge is 0.469 e. The third kappa shape index (κ3) is 2.53. The van der Waals surface area contributed by atoms with Crippen LogP contribution in [-0.4, -0.2) is 16.9 Å². The molecule has 0 saturated heterocycles. The molecule has 0 bridgehead atoms. The Morgan fingerprint density at radius 1 is 1.25 bits per heavy atom. The summed E-state index contributed by atoms with van der Waals surface area (Å²) in [6.45, 7) is 3.40. The molecule has 5 heteroatoms. The lowest BCUT2D eigenvalue weighted by atomic mass is 10.2. The molecule has 0 aliphatic carbocycles. The fourth-order valence-corrected chi connectivity index (χ4v) is 2.21. The molecule has 3 aromatic rings. The number of rotatable bonds is 4. The number of benzene rings is 1. The lowest BCUT2D eigenvalue weighted by molar-refractivity contribution is 0.283. The normalized spacial score (nSPS) is 11.6. The number of fused-ring (bicyclic) bond motifs is 1. The topological polar surface area (TPSA) is 68.4 Å². The zero-order valence-corrected chi connectivity index (χ0v) is 11.6. The summed E-state index contributed by atoms with van der Waals surface area (Å²) in [5.74, 6) is 1.64. The predicted octanol–water partition coefficient (Wildman–Crippen LogP) is 2.94. The molecule has 0 spiro atoms. The van der Waals surface area contributed by atoms with Crippen molar-refractivity contribution in [1.82, 2.24) is 9.88 Å². The third-order valence-corrected chi connectivity index (χ3v) is 3.27. The summed E-state index contributed by atoms with van der Waals surface area (Å²) in [7, 11) is 2.02. The van der Waals surface area contributed by atoms with E-state index in [4.69, 9.17) is 14.6 Å². The number of aryl methyl sites for hydroxylation is 1. The molecule has 0 amide bonds. The molecule has 0 unspecified atom stereocenters. The molecular weight excluding hydrogens is 254 g/mol. The van der Waals surface area contributed by atoms with E-state index in [0.29, 0.717) is 18.1 Å². The molecule has 2 heterocycles. The van der Waals surface area contributed by atoms with E-state index in [9.17, 15) is 0 Å². The molecule has 2 N–H and O–H groups in total. The van der Waals surface area contributed by atoms with Crippen LogP contribution in [0.25, 0.3) is 11.1 Å². The Kier molecular flexibility index (Phi) is 3.20. The average Bonchev–Trinajstić information content (AvgIpc) is 2.95. The fourth-order valence-electron chi connectivity index (χ4n) is 2.21. The van der Waals surface area contributed by atoms with Crippen LogP contribution in [0.3, 0.4) is 0 Å². The second-order valence-electron chi connectivity index (χ2n) is 5.01. The van der Waals surface area contributed by atoms with Gasteiger partial charge in [-0.3, -0.25) is 4.90 Å². The Balaban J connectivity index is 1.74. The fraction of sp³-hybridized carbons (Fsp3) is 0.267. The van der Waals surface area contributed by atoms with E-state index in [1.165, 1.54) is 5.56 Å². The van der Waals surface area contributed by atoms with Gasteiger partial charge in [0, 0.05) is 23.9 Å². The van der Waals surface area contributed by atoms with Crippen LogP contribution in [0.15, 0.2) is 39.4 Å². The SMILES string of the molecule is Cc1occc1CN(C)Cc1nc2ccc(N)cc2o1. The number of oxazole rings is 1. The zero-order chi connectivity index (χ0) is 14.1. The predicted molar refractivity (Wildman–Crippen MR) is 77.0 cm³/mol. The lowest BCUT2D eigenvalue weighted by Gasteiger charge is -2.13. The van der Waals surface area contributed by atoms with Crippen LogP contribution in [-0.2, 0) is 13.1 Å². The number of nitrogen functional groups attached to an aromatic ring is 1. The first-order valence-electron chi connectivity index (χ1n) is 6.48. The number of anilines is 1. The summed E-state index contributed by atoms with van der Waals surface area (Å²) < 4.78 is 11.0. The molecule has 104 valence electrons. The van der Waals surface area contributed by atoms with E-state index in [1.54, 1.807) is 12.3 Å². The van der Waals surface area contributed by atoms with Gasteiger partial charge in [-0.2, -0.15) is 0 Å². The van der Waals surface area contributed by atoms with Crippen molar-refractivity contribution in [2.75, 3.05) is 12.8 Å². The molecule has 1 aromatic carbocycles. The highest BCUT2D eigenvalue weighted by molar-refractivity contribution is 5.76. The van der Waals surface area contributed by atoms with E-state index >= 15 is 0 Å². The quantitative estimate of drug-likeness (QED) is 0.739. The maximum absolute atomic E-state index is 5.73. The van der Waals surface area contributed by atoms with Crippen molar-refractivity contribution in [2.45, 2.75) is 20.0 Å². The van der Waals surface area contributed by atoms with Gasteiger partial charge in [-0.25, -0.2) is 4.98 Å². The minimum absolute atomic E-state index is 0.638. The Morgan fingerprint density at radius 2 is 2.10 bits per heavy atom. The number of nitrogens with two attached hydrogens (primary N) is 1. The van der Waals surface area contributed by atoms with E-state index < -0.39 is 0 Å². The number of hydrogen-bond donors (Lipinski definition) is 1. The van der Waals surface area contributed by atoms with Gasteiger partial charge in [-0.1, -0.05) is 0 Å². The minimum Gasteiger partial charge on any atom is -0.469 e. The smallest absolute Gasteiger partial charge is 0.209 e. The number of hydrogen-bond acceptors (Lipinski definition) is 5. The molecule has 0 radical (unpaired) electrons. The van der Waals surface area contributed by atoms with Crippen molar-refractivity contribution in [3.05, 3.63) is 47.7 Å². The minimum atomic E-state index is 0.638. The van der Waals surface area contributed by atoms with Gasteiger partial charge >= 0.3 is 0 Å². The Labute approximate surface area is 117 Å². The van der Waals surface area contributed by atoms with Crippen LogP contribution in [0, 0.1) is 6.92 Å². The van der Waals surface area contributed by atoms with Crippen molar-refractivity contribution in [3.8, 4) is 0 Å². The molecule has 0 atom stereocenters. The highest BCUT2D eigenvalue weighted by Gasteiger charge is 2.11. The summed E-state index contributed by atoms with van der Waals surface area (Å²) in [6.07, 6.45) is 1.71. The molecule has 3 rings (SSSR count). The highest BCUT2D eigenvalue weighted by atomic mass is 16.3. The van der Waals surface area contributed by atoms with Gasteiger partial charge in [0.1, 0.15) is 11.3 Å². The maximum atomic E-state index is 5.73. The molecule has 0 aliphatic rings. The second kappa shape index (κ2) is 5.02. The van der Waals surface area contributed by atoms with Gasteiger partial charge < -0.3 is 14.6 Å². The van der Waals surface area contributed by atoms with Crippen molar-refractivity contribution < 1.29 is 8.83 Å². The first kappa shape index (κ1) is 12.7. The van der Waals surface area contributed by atoms with Gasteiger partial charge in [-0.05, 0) is 32.2 Å². The van der Waals surface area contributed by atoms with Crippen LogP contribution in [0.1, 0.15) is 17.2 Å². The molecule has 0 fully saturated rings. The van der Waals surface area contributed by atoms with E-state index in [0.717, 1.165) is 23.4 Å². The zero-order valence-electron chi connectivity index (χ0n) is 11.6. The number of aromatic nitrogens is 1. The third-order valence-electron chi connectivity index (χ3n) is 3.27. The van der Waals surface area contributed by atoms with Gasteiger partial charge in [-0.15, -0.1) is 0 Å². The first-order valence-corrected chi connectivity index (χ1v) is 6.48. The first-order chi connectivity index (χ1) is 9.61. The molecule has 2 aromatic heterocycles. The molecule has 0 saturated carbocycles. The standard InChI is InChI=1S/C15H17N3O2/c1-10-11(5-6-19-10)8-18(2)9-15-17-13-4-3-12(16)7-14(13)20-15/h3-7H,8-9,16H2,1-2H3. The van der Waals surface area contributed by atoms with Gasteiger partial charge in [0.05, 0.1) is 12.8 Å². The summed E-state index contributed by atoms with van der Waals surface area (Å²) in [6, 6.07) is 7.48. The van der Waals surface area contributed by atoms with Gasteiger partial charge in [0.25, 0.3) is 0 Å². The second-order valence-corrected chi connectivity index (χ2v) is 5.01. The maximum Gasteiger partial charge on any atom is 0.209 e. The van der Waals surface area contributed by atoms with Crippen molar-refractivity contribution in [1.29, 1.82) is 0 Å². The molecular formula is C15H17N3O2. The monoisotopic (exact) mass is 271 g/mol. The van der Waals surface area contributed by atoms with Crippen molar-refractivity contribution in [3.63, 3.8) is 0 Å². The summed E-state index contributed by atoms with van der Waals surface area (Å²) in [4.78, 5) is 6.59. The lowest BCUT2D eigenvalue weighted by Crippen LogP contribution is -2.17. The van der Waals surface area contributed by atoms with E-state index in [-0.39, 0.29) is 0 Å². The van der Waals surface area contributed by atoms with E-state index in [1.807, 2.05) is 32.2 Å².